The second kappa shape index (κ2) is 5.32. The summed E-state index contributed by atoms with van der Waals surface area (Å²) in [5.41, 5.74) is 1.25. The number of nitrogens with one attached hydrogen (secondary N) is 1. The van der Waals surface area contributed by atoms with Gasteiger partial charge in [-0.3, -0.25) is 0 Å². The average molecular weight is 221 g/mol. The maximum atomic E-state index is 5.69. The molecule has 1 aromatic carbocycles. The minimum absolute atomic E-state index is 0.357. The first-order valence-electron chi connectivity index (χ1n) is 5.77. The number of benzene rings is 1. The Morgan fingerprint density at radius 1 is 1.38 bits per heavy atom. The van der Waals surface area contributed by atoms with Gasteiger partial charge in [-0.05, 0) is 26.0 Å². The average Bonchev–Trinajstić information content (AvgIpc) is 2.23. The molecular weight excluding hydrogens is 202 g/mol. The van der Waals surface area contributed by atoms with Crippen molar-refractivity contribution < 1.29 is 9.47 Å². The van der Waals surface area contributed by atoms with Gasteiger partial charge in [-0.1, -0.05) is 17.7 Å². The van der Waals surface area contributed by atoms with E-state index in [0.717, 1.165) is 19.0 Å². The Labute approximate surface area is 96.8 Å². The summed E-state index contributed by atoms with van der Waals surface area (Å²) in [5, 5.41) is 3.45. The van der Waals surface area contributed by atoms with E-state index >= 15 is 0 Å². The molecule has 0 spiro atoms. The van der Waals surface area contributed by atoms with Crippen molar-refractivity contribution in [3.05, 3.63) is 29.8 Å². The van der Waals surface area contributed by atoms with E-state index in [0.29, 0.717) is 18.7 Å². The lowest BCUT2D eigenvalue weighted by atomic mass is 10.2. The number of ether oxygens (including phenoxy) is 2. The molecule has 1 aliphatic rings. The van der Waals surface area contributed by atoms with Gasteiger partial charge in [0.05, 0.1) is 19.3 Å². The highest BCUT2D eigenvalue weighted by atomic mass is 16.5. The molecule has 0 saturated carbocycles. The first kappa shape index (κ1) is 11.4. The summed E-state index contributed by atoms with van der Waals surface area (Å²) in [7, 11) is 0. The van der Waals surface area contributed by atoms with Crippen LogP contribution in [-0.4, -0.2) is 31.9 Å². The Morgan fingerprint density at radius 2 is 2.06 bits per heavy atom. The molecule has 1 aromatic rings. The van der Waals surface area contributed by atoms with E-state index in [9.17, 15) is 0 Å². The Balaban J connectivity index is 1.71. The molecule has 2 rings (SSSR count). The lowest BCUT2D eigenvalue weighted by Gasteiger charge is -2.30. The molecule has 3 nitrogen and oxygen atoms in total. The normalized spacial score (nSPS) is 17.9. The Kier molecular flexibility index (Phi) is 3.80. The van der Waals surface area contributed by atoms with Crippen LogP contribution in [0, 0.1) is 6.92 Å². The molecule has 3 heteroatoms. The van der Waals surface area contributed by atoms with Crippen LogP contribution in [0.4, 0.5) is 0 Å². The van der Waals surface area contributed by atoms with Crippen LogP contribution in [-0.2, 0) is 4.74 Å². The number of hydrogen-bond donors (Lipinski definition) is 1. The van der Waals surface area contributed by atoms with Crippen LogP contribution in [0.2, 0.25) is 0 Å². The van der Waals surface area contributed by atoms with E-state index < -0.39 is 0 Å². The Morgan fingerprint density at radius 3 is 2.62 bits per heavy atom. The standard InChI is InChI=1S/C13H19NO2/c1-10-3-5-13(6-4-10)16-7-11(2)14-12-8-15-9-12/h3-6,11-12,14H,7-9H2,1-2H3. The first-order valence-corrected chi connectivity index (χ1v) is 5.77. The zero-order valence-electron chi connectivity index (χ0n) is 9.90. The second-order valence-electron chi connectivity index (χ2n) is 4.43. The maximum Gasteiger partial charge on any atom is 0.119 e. The van der Waals surface area contributed by atoms with Crippen LogP contribution in [0.5, 0.6) is 5.75 Å². The SMILES string of the molecule is Cc1ccc(OCC(C)NC2COC2)cc1. The maximum absolute atomic E-state index is 5.69. The molecule has 1 N–H and O–H groups in total. The van der Waals surface area contributed by atoms with Crippen molar-refractivity contribution in [3.8, 4) is 5.75 Å². The number of aryl methyl sites for hydroxylation is 1. The topological polar surface area (TPSA) is 30.5 Å². The first-order chi connectivity index (χ1) is 7.74. The van der Waals surface area contributed by atoms with Crippen LogP contribution in [0.15, 0.2) is 24.3 Å². The van der Waals surface area contributed by atoms with E-state index in [2.05, 4.69) is 31.3 Å². The molecule has 16 heavy (non-hydrogen) atoms. The third-order valence-electron chi connectivity index (χ3n) is 2.68. The predicted octanol–water partition coefficient (Wildman–Crippen LogP) is 1.75. The lowest BCUT2D eigenvalue weighted by Crippen LogP contribution is -2.51. The molecule has 1 fully saturated rings. The quantitative estimate of drug-likeness (QED) is 0.821. The fourth-order valence-electron chi connectivity index (χ4n) is 1.64. The van der Waals surface area contributed by atoms with Crippen molar-refractivity contribution in [2.24, 2.45) is 0 Å². The molecule has 0 aromatic heterocycles. The molecule has 0 aliphatic carbocycles. The molecule has 0 amide bonds. The largest absolute Gasteiger partial charge is 0.492 e. The summed E-state index contributed by atoms with van der Waals surface area (Å²) in [4.78, 5) is 0. The van der Waals surface area contributed by atoms with E-state index in [4.69, 9.17) is 9.47 Å². The molecule has 1 saturated heterocycles. The molecule has 1 aliphatic heterocycles. The Bertz CT molecular complexity index is 319. The van der Waals surface area contributed by atoms with Gasteiger partial charge in [0.1, 0.15) is 12.4 Å². The van der Waals surface area contributed by atoms with Gasteiger partial charge in [0.2, 0.25) is 0 Å². The van der Waals surface area contributed by atoms with Crippen molar-refractivity contribution in [2.75, 3.05) is 19.8 Å². The molecule has 0 radical (unpaired) electrons. The van der Waals surface area contributed by atoms with Crippen molar-refractivity contribution in [1.82, 2.24) is 5.32 Å². The van der Waals surface area contributed by atoms with Crippen LogP contribution >= 0.6 is 0 Å². The van der Waals surface area contributed by atoms with E-state index in [-0.39, 0.29) is 0 Å². The summed E-state index contributed by atoms with van der Waals surface area (Å²) in [5.74, 6) is 0.934. The minimum atomic E-state index is 0.357. The van der Waals surface area contributed by atoms with E-state index in [1.54, 1.807) is 0 Å². The third-order valence-corrected chi connectivity index (χ3v) is 2.68. The van der Waals surface area contributed by atoms with Gasteiger partial charge in [0.15, 0.2) is 0 Å². The van der Waals surface area contributed by atoms with Gasteiger partial charge in [-0.25, -0.2) is 0 Å². The van der Waals surface area contributed by atoms with Gasteiger partial charge < -0.3 is 14.8 Å². The molecule has 88 valence electrons. The molecule has 1 atom stereocenters. The summed E-state index contributed by atoms with van der Waals surface area (Å²) in [6.45, 7) is 6.56. The van der Waals surface area contributed by atoms with Crippen LogP contribution in [0.3, 0.4) is 0 Å². The fraction of sp³-hybridized carbons (Fsp3) is 0.538. The van der Waals surface area contributed by atoms with Gasteiger partial charge >= 0.3 is 0 Å². The van der Waals surface area contributed by atoms with Crippen molar-refractivity contribution in [3.63, 3.8) is 0 Å². The lowest BCUT2D eigenvalue weighted by molar-refractivity contribution is -0.0112. The fourth-order valence-corrected chi connectivity index (χ4v) is 1.64. The Hall–Kier alpha value is -1.06. The highest BCUT2D eigenvalue weighted by Crippen LogP contribution is 2.11. The highest BCUT2D eigenvalue weighted by Gasteiger charge is 2.19. The van der Waals surface area contributed by atoms with Crippen LogP contribution < -0.4 is 10.1 Å². The molecule has 1 heterocycles. The zero-order valence-corrected chi connectivity index (χ0v) is 9.90. The number of hydrogen-bond acceptors (Lipinski definition) is 3. The zero-order chi connectivity index (χ0) is 11.4. The molecule has 1 unspecified atom stereocenters. The van der Waals surface area contributed by atoms with Gasteiger partial charge in [0, 0.05) is 6.04 Å². The summed E-state index contributed by atoms with van der Waals surface area (Å²) in [6.07, 6.45) is 0. The number of rotatable bonds is 5. The van der Waals surface area contributed by atoms with E-state index in [1.165, 1.54) is 5.56 Å². The summed E-state index contributed by atoms with van der Waals surface area (Å²) in [6, 6.07) is 9.01. The van der Waals surface area contributed by atoms with E-state index in [1.807, 2.05) is 12.1 Å². The van der Waals surface area contributed by atoms with Crippen molar-refractivity contribution in [2.45, 2.75) is 25.9 Å². The monoisotopic (exact) mass is 221 g/mol. The molecular formula is C13H19NO2. The van der Waals surface area contributed by atoms with Crippen LogP contribution in [0.25, 0.3) is 0 Å². The van der Waals surface area contributed by atoms with Crippen LogP contribution in [0.1, 0.15) is 12.5 Å². The second-order valence-corrected chi connectivity index (χ2v) is 4.43. The predicted molar refractivity (Wildman–Crippen MR) is 63.9 cm³/mol. The summed E-state index contributed by atoms with van der Waals surface area (Å²) >= 11 is 0. The minimum Gasteiger partial charge on any atom is -0.492 e. The van der Waals surface area contributed by atoms with Crippen molar-refractivity contribution >= 4 is 0 Å². The van der Waals surface area contributed by atoms with Gasteiger partial charge in [-0.2, -0.15) is 0 Å². The third kappa shape index (κ3) is 3.22. The summed E-state index contributed by atoms with van der Waals surface area (Å²) < 4.78 is 10.8. The molecule has 0 bridgehead atoms. The van der Waals surface area contributed by atoms with Gasteiger partial charge in [0.25, 0.3) is 0 Å². The highest BCUT2D eigenvalue weighted by molar-refractivity contribution is 5.26. The van der Waals surface area contributed by atoms with Crippen molar-refractivity contribution in [1.29, 1.82) is 0 Å². The van der Waals surface area contributed by atoms with Gasteiger partial charge in [-0.15, -0.1) is 0 Å². The smallest absolute Gasteiger partial charge is 0.119 e.